The number of hydrogen-bond acceptors (Lipinski definition) is 2. The number of ether oxygens (including phenoxy) is 1. The summed E-state index contributed by atoms with van der Waals surface area (Å²) in [6, 6.07) is 34.5. The van der Waals surface area contributed by atoms with Crippen LogP contribution >= 0.6 is 0 Å². The molecule has 2 aromatic heterocycles. The van der Waals surface area contributed by atoms with Crippen molar-refractivity contribution in [2.75, 3.05) is 13.7 Å². The van der Waals surface area contributed by atoms with Crippen molar-refractivity contribution in [3.05, 3.63) is 143 Å². The first-order valence-electron chi connectivity index (χ1n) is 16.2. The summed E-state index contributed by atoms with van der Waals surface area (Å²) in [5, 5.41) is 3.86. The van der Waals surface area contributed by atoms with Crippen molar-refractivity contribution in [3.63, 3.8) is 0 Å². The van der Waals surface area contributed by atoms with Gasteiger partial charge in [0.1, 0.15) is 0 Å². The first-order valence-corrected chi connectivity index (χ1v) is 16.2. The van der Waals surface area contributed by atoms with E-state index in [9.17, 15) is 0 Å². The topological polar surface area (TPSA) is 26.0 Å². The Kier molecular flexibility index (Phi) is 5.48. The molecule has 0 saturated carbocycles. The summed E-state index contributed by atoms with van der Waals surface area (Å²) in [7, 11) is 1.81. The molecule has 45 heavy (non-hydrogen) atoms. The number of nitrogens with zero attached hydrogens (tertiary/aromatic N) is 2. The summed E-state index contributed by atoms with van der Waals surface area (Å²) in [5.41, 5.74) is 13.7. The third kappa shape index (κ3) is 3.29. The lowest BCUT2D eigenvalue weighted by Crippen LogP contribution is -2.49. The quantitative estimate of drug-likeness (QED) is 0.152. The molecule has 0 N–H and O–H groups in total. The number of pyridine rings is 2. The van der Waals surface area contributed by atoms with E-state index in [2.05, 4.69) is 135 Å². The number of aromatic nitrogens is 2. The molecule has 3 heterocycles. The fourth-order valence-corrected chi connectivity index (χ4v) is 8.93. The zero-order valence-electron chi connectivity index (χ0n) is 26.4. The van der Waals surface area contributed by atoms with Gasteiger partial charge < -0.3 is 4.74 Å². The first-order chi connectivity index (χ1) is 21.9. The van der Waals surface area contributed by atoms with Gasteiger partial charge in [-0.15, -0.1) is 0 Å². The van der Waals surface area contributed by atoms with Crippen molar-refractivity contribution < 1.29 is 9.30 Å². The molecule has 3 aliphatic rings. The average molecular weight is 586 g/mol. The van der Waals surface area contributed by atoms with Crippen molar-refractivity contribution in [2.45, 2.75) is 50.0 Å². The number of fused-ring (bicyclic) bond motifs is 9. The SMILES string of the molecule is C=CC1C(CCOC)c2cc3ccccc3c3c2-c2c4c(cc(C(C)(C)C)nc4cc[n+]21)C31c2ccccc2-c2ccccc21. The predicted molar refractivity (Wildman–Crippen MR) is 183 cm³/mol. The maximum Gasteiger partial charge on any atom is 0.223 e. The van der Waals surface area contributed by atoms with Crippen LogP contribution in [0.4, 0.5) is 0 Å². The largest absolute Gasteiger partial charge is 0.385 e. The highest BCUT2D eigenvalue weighted by Gasteiger charge is 2.56. The molecule has 0 amide bonds. The standard InChI is InChI=1S/C42H37N2O/c1-6-35-29(20-22-45-5)30-23-25-13-7-8-14-26(25)39-37(30)40-38-33(24-36(41(2,3)4)43-34(38)19-21-44(35)40)42(39)31-17-11-9-15-27(31)28-16-10-12-18-32(28)42/h6-19,21,23-24,29,35H,1,20,22H2,2-5H3/q+1. The molecule has 2 aliphatic carbocycles. The van der Waals surface area contributed by atoms with Gasteiger partial charge in [-0.2, -0.15) is 4.57 Å². The lowest BCUT2D eigenvalue weighted by molar-refractivity contribution is -0.706. The number of benzene rings is 4. The lowest BCUT2D eigenvalue weighted by Gasteiger charge is -2.43. The molecule has 0 bridgehead atoms. The van der Waals surface area contributed by atoms with Crippen LogP contribution in [0.2, 0.25) is 0 Å². The molecule has 2 atom stereocenters. The third-order valence-electron chi connectivity index (χ3n) is 10.8. The van der Waals surface area contributed by atoms with Crippen molar-refractivity contribution in [2.24, 2.45) is 0 Å². The first kappa shape index (κ1) is 26.8. The normalized spacial score (nSPS) is 18.3. The molecule has 2 unspecified atom stereocenters. The summed E-state index contributed by atoms with van der Waals surface area (Å²) in [6.45, 7) is 11.9. The Hall–Kier alpha value is -4.60. The molecule has 3 nitrogen and oxygen atoms in total. The minimum absolute atomic E-state index is 0.105. The van der Waals surface area contributed by atoms with Crippen LogP contribution in [-0.4, -0.2) is 18.7 Å². The van der Waals surface area contributed by atoms with Crippen LogP contribution in [-0.2, 0) is 15.6 Å². The van der Waals surface area contributed by atoms with E-state index in [-0.39, 0.29) is 17.4 Å². The molecule has 1 aliphatic heterocycles. The predicted octanol–water partition coefficient (Wildman–Crippen LogP) is 9.18. The second-order valence-electron chi connectivity index (χ2n) is 14.0. The van der Waals surface area contributed by atoms with Gasteiger partial charge in [0, 0.05) is 30.9 Å². The lowest BCUT2D eigenvalue weighted by atomic mass is 9.59. The van der Waals surface area contributed by atoms with E-state index in [1.54, 1.807) is 0 Å². The highest BCUT2D eigenvalue weighted by atomic mass is 16.5. The van der Waals surface area contributed by atoms with Gasteiger partial charge in [0.05, 0.1) is 27.8 Å². The second kappa shape index (κ2) is 9.22. The van der Waals surface area contributed by atoms with Gasteiger partial charge >= 0.3 is 0 Å². The monoisotopic (exact) mass is 585 g/mol. The van der Waals surface area contributed by atoms with Crippen LogP contribution in [0.5, 0.6) is 0 Å². The van der Waals surface area contributed by atoms with Crippen molar-refractivity contribution in [3.8, 4) is 22.4 Å². The summed E-state index contributed by atoms with van der Waals surface area (Å²) in [6.07, 6.45) is 5.32. The minimum Gasteiger partial charge on any atom is -0.385 e. The molecule has 0 radical (unpaired) electrons. The zero-order valence-corrected chi connectivity index (χ0v) is 26.4. The Bertz CT molecular complexity index is 2190. The Balaban J connectivity index is 1.60. The van der Waals surface area contributed by atoms with Gasteiger partial charge in [-0.05, 0) is 74.3 Å². The van der Waals surface area contributed by atoms with E-state index >= 15 is 0 Å². The Morgan fingerprint density at radius 3 is 2.27 bits per heavy atom. The van der Waals surface area contributed by atoms with Crippen LogP contribution in [0.3, 0.4) is 0 Å². The van der Waals surface area contributed by atoms with Crippen LogP contribution in [0.1, 0.15) is 72.7 Å². The fraction of sp³-hybridized carbons (Fsp3) is 0.238. The number of rotatable bonds is 4. The van der Waals surface area contributed by atoms with E-state index < -0.39 is 5.41 Å². The number of methoxy groups -OCH3 is 1. The number of hydrogen-bond donors (Lipinski definition) is 0. The Labute approximate surface area is 264 Å². The zero-order chi connectivity index (χ0) is 30.7. The van der Waals surface area contributed by atoms with Crippen molar-refractivity contribution >= 4 is 21.7 Å². The molecule has 4 aromatic carbocycles. The maximum absolute atomic E-state index is 5.72. The van der Waals surface area contributed by atoms with Crippen molar-refractivity contribution in [1.29, 1.82) is 0 Å². The van der Waals surface area contributed by atoms with E-state index in [4.69, 9.17) is 9.72 Å². The average Bonchev–Trinajstić information content (AvgIpc) is 3.35. The molecular formula is C42H37N2O+. The van der Waals surface area contributed by atoms with Crippen LogP contribution < -0.4 is 4.57 Å². The van der Waals surface area contributed by atoms with Gasteiger partial charge in [0.25, 0.3) is 0 Å². The summed E-state index contributed by atoms with van der Waals surface area (Å²) >= 11 is 0. The maximum atomic E-state index is 5.72. The summed E-state index contributed by atoms with van der Waals surface area (Å²) in [4.78, 5) is 5.41. The van der Waals surface area contributed by atoms with Crippen molar-refractivity contribution in [1.82, 2.24) is 4.98 Å². The third-order valence-corrected chi connectivity index (χ3v) is 10.8. The number of allylic oxidation sites excluding steroid dienone is 1. The van der Waals surface area contributed by atoms with Gasteiger partial charge in [-0.25, -0.2) is 0 Å². The van der Waals surface area contributed by atoms with Crippen LogP contribution in [0.25, 0.3) is 44.1 Å². The Morgan fingerprint density at radius 2 is 1.58 bits per heavy atom. The fourth-order valence-electron chi connectivity index (χ4n) is 8.93. The Morgan fingerprint density at radius 1 is 0.889 bits per heavy atom. The molecule has 0 saturated heterocycles. The van der Waals surface area contributed by atoms with E-state index in [1.807, 2.05) is 7.11 Å². The molecule has 1 spiro atoms. The van der Waals surface area contributed by atoms with Gasteiger partial charge in [0.2, 0.25) is 5.69 Å². The smallest absolute Gasteiger partial charge is 0.223 e. The van der Waals surface area contributed by atoms with Crippen LogP contribution in [0.15, 0.2) is 110 Å². The molecule has 9 rings (SSSR count). The summed E-state index contributed by atoms with van der Waals surface area (Å²) in [5.74, 6) is 0.225. The van der Waals surface area contributed by atoms with Gasteiger partial charge in [-0.1, -0.05) is 100 Å². The minimum atomic E-state index is -0.502. The molecule has 220 valence electrons. The van der Waals surface area contributed by atoms with Crippen LogP contribution in [0, 0.1) is 0 Å². The van der Waals surface area contributed by atoms with E-state index in [0.717, 1.165) is 17.6 Å². The van der Waals surface area contributed by atoms with E-state index in [0.29, 0.717) is 6.61 Å². The molecule has 3 heteroatoms. The molecule has 0 fully saturated rings. The second-order valence-corrected chi connectivity index (χ2v) is 14.0. The molecular weight excluding hydrogens is 548 g/mol. The molecule has 6 aromatic rings. The van der Waals surface area contributed by atoms with Gasteiger partial charge in [-0.3, -0.25) is 4.98 Å². The summed E-state index contributed by atoms with van der Waals surface area (Å²) < 4.78 is 8.22. The highest BCUT2D eigenvalue weighted by Crippen LogP contribution is 2.64. The van der Waals surface area contributed by atoms with E-state index in [1.165, 1.54) is 66.4 Å². The van der Waals surface area contributed by atoms with Gasteiger partial charge in [0.15, 0.2) is 12.2 Å². The highest BCUT2D eigenvalue weighted by molar-refractivity contribution is 6.09.